The Bertz CT molecular complexity index is 1450. The lowest BCUT2D eigenvalue weighted by Gasteiger charge is -2.32. The van der Waals surface area contributed by atoms with Crippen molar-refractivity contribution < 1.29 is 17.9 Å². The normalized spacial score (nSPS) is 16.1. The molecule has 3 aromatic carbocycles. The van der Waals surface area contributed by atoms with Gasteiger partial charge < -0.3 is 9.64 Å². The summed E-state index contributed by atoms with van der Waals surface area (Å²) < 4.78 is 35.2. The largest absolute Gasteiger partial charge is 0.488 e. The van der Waals surface area contributed by atoms with E-state index in [9.17, 15) is 13.2 Å². The first-order valence-corrected chi connectivity index (χ1v) is 16.1. The van der Waals surface area contributed by atoms with Gasteiger partial charge in [0.15, 0.2) is 0 Å². The predicted octanol–water partition coefficient (Wildman–Crippen LogP) is 7.18. The number of amides is 1. The highest BCUT2D eigenvalue weighted by Crippen LogP contribution is 2.30. The Kier molecular flexibility index (Phi) is 9.75. The Labute approximate surface area is 247 Å². The molecule has 1 heterocycles. The molecule has 1 unspecified atom stereocenters. The van der Waals surface area contributed by atoms with Gasteiger partial charge in [-0.2, -0.15) is 4.31 Å². The summed E-state index contributed by atoms with van der Waals surface area (Å²) in [6, 6.07) is 17.1. The van der Waals surface area contributed by atoms with Crippen molar-refractivity contribution in [1.82, 2.24) is 9.21 Å². The first-order chi connectivity index (χ1) is 19.0. The van der Waals surface area contributed by atoms with Crippen LogP contribution in [0.25, 0.3) is 0 Å². The minimum absolute atomic E-state index is 0.0518. The highest BCUT2D eigenvalue weighted by atomic mass is 79.9. The van der Waals surface area contributed by atoms with Gasteiger partial charge in [0.05, 0.1) is 10.5 Å². The monoisotopic (exact) mass is 626 g/mol. The zero-order chi connectivity index (χ0) is 29.0. The number of ether oxygens (including phenoxy) is 1. The second-order valence-electron chi connectivity index (χ2n) is 10.8. The lowest BCUT2D eigenvalue weighted by Crippen LogP contribution is -2.42. The standard InChI is InChI=1S/C32H39BrN2O4S/c1-6-34(20-27-17-23(3)31(24(4)18-27)39-21-26-12-10-22(2)11-13-26)32(36)29-19-28(14-15-30(29)33)40(37,38)35-16-8-7-9-25(35)5/h10-15,17-19,25H,6-9,16,20-21H2,1-5H3. The molecule has 1 saturated heterocycles. The molecule has 214 valence electrons. The van der Waals surface area contributed by atoms with E-state index in [4.69, 9.17) is 4.74 Å². The van der Waals surface area contributed by atoms with Crippen LogP contribution in [0.1, 0.15) is 71.3 Å². The SMILES string of the molecule is CCN(Cc1cc(C)c(OCc2ccc(C)cc2)c(C)c1)C(=O)c1cc(S(=O)(=O)N2CCCCC2C)ccc1Br. The molecule has 40 heavy (non-hydrogen) atoms. The number of sulfonamides is 1. The van der Waals surface area contributed by atoms with E-state index in [2.05, 4.69) is 59.3 Å². The van der Waals surface area contributed by atoms with Gasteiger partial charge in [-0.15, -0.1) is 0 Å². The van der Waals surface area contributed by atoms with Crippen LogP contribution in [0.2, 0.25) is 0 Å². The van der Waals surface area contributed by atoms with Gasteiger partial charge in [-0.1, -0.05) is 48.4 Å². The van der Waals surface area contributed by atoms with Crippen LogP contribution in [0.3, 0.4) is 0 Å². The van der Waals surface area contributed by atoms with E-state index in [1.54, 1.807) is 21.3 Å². The maximum atomic E-state index is 13.7. The fourth-order valence-corrected chi connectivity index (χ4v) is 7.45. The van der Waals surface area contributed by atoms with Crippen molar-refractivity contribution >= 4 is 31.9 Å². The Balaban J connectivity index is 1.53. The molecular weight excluding hydrogens is 588 g/mol. The molecular formula is C32H39BrN2O4S. The third kappa shape index (κ3) is 6.78. The summed E-state index contributed by atoms with van der Waals surface area (Å²) >= 11 is 3.49. The summed E-state index contributed by atoms with van der Waals surface area (Å²) in [4.78, 5) is 15.6. The first-order valence-electron chi connectivity index (χ1n) is 13.9. The maximum absolute atomic E-state index is 13.7. The number of aryl methyl sites for hydroxylation is 3. The van der Waals surface area contributed by atoms with Gasteiger partial charge in [-0.25, -0.2) is 8.42 Å². The van der Waals surface area contributed by atoms with Gasteiger partial charge in [-0.05, 0) is 104 Å². The highest BCUT2D eigenvalue weighted by Gasteiger charge is 2.32. The van der Waals surface area contributed by atoms with Crippen LogP contribution in [0.5, 0.6) is 5.75 Å². The summed E-state index contributed by atoms with van der Waals surface area (Å²) in [5.74, 6) is 0.638. The molecule has 3 aromatic rings. The average molecular weight is 628 g/mol. The molecule has 1 fully saturated rings. The van der Waals surface area contributed by atoms with Gasteiger partial charge in [0.25, 0.3) is 5.91 Å². The fourth-order valence-electron chi connectivity index (χ4n) is 5.31. The van der Waals surface area contributed by atoms with E-state index in [0.717, 1.165) is 47.3 Å². The molecule has 1 aliphatic heterocycles. The van der Waals surface area contributed by atoms with Gasteiger partial charge in [-0.3, -0.25) is 4.79 Å². The Morgan fingerprint density at radius 3 is 2.30 bits per heavy atom. The molecule has 4 rings (SSSR count). The van der Waals surface area contributed by atoms with E-state index in [0.29, 0.717) is 36.3 Å². The van der Waals surface area contributed by atoms with Gasteiger partial charge in [0.1, 0.15) is 12.4 Å². The van der Waals surface area contributed by atoms with E-state index in [1.807, 2.05) is 27.7 Å². The molecule has 6 nitrogen and oxygen atoms in total. The number of hydrogen-bond acceptors (Lipinski definition) is 4. The number of rotatable bonds is 9. The number of benzene rings is 3. The van der Waals surface area contributed by atoms with Crippen molar-refractivity contribution in [2.24, 2.45) is 0 Å². The molecule has 0 spiro atoms. The Morgan fingerprint density at radius 1 is 1.00 bits per heavy atom. The molecule has 1 atom stereocenters. The zero-order valence-corrected chi connectivity index (χ0v) is 26.4. The number of piperidine rings is 1. The highest BCUT2D eigenvalue weighted by molar-refractivity contribution is 9.10. The van der Waals surface area contributed by atoms with Gasteiger partial charge in [0, 0.05) is 30.1 Å². The fraction of sp³-hybridized carbons (Fsp3) is 0.406. The first kappa shape index (κ1) is 30.3. The second kappa shape index (κ2) is 12.9. The van der Waals surface area contributed by atoms with Crippen LogP contribution in [-0.4, -0.2) is 42.7 Å². The van der Waals surface area contributed by atoms with E-state index < -0.39 is 10.0 Å². The summed E-state index contributed by atoms with van der Waals surface area (Å²) in [6.45, 7) is 11.9. The molecule has 1 aliphatic rings. The average Bonchev–Trinajstić information content (AvgIpc) is 2.92. The van der Waals surface area contributed by atoms with Crippen molar-refractivity contribution in [2.75, 3.05) is 13.1 Å². The van der Waals surface area contributed by atoms with Crippen LogP contribution in [-0.2, 0) is 23.2 Å². The Hall–Kier alpha value is -2.68. The van der Waals surface area contributed by atoms with Crippen LogP contribution in [0, 0.1) is 20.8 Å². The number of halogens is 1. The second-order valence-corrected chi connectivity index (χ2v) is 13.5. The Morgan fingerprint density at radius 2 is 1.68 bits per heavy atom. The van der Waals surface area contributed by atoms with Crippen molar-refractivity contribution in [1.29, 1.82) is 0 Å². The van der Waals surface area contributed by atoms with E-state index in [-0.39, 0.29) is 16.8 Å². The van der Waals surface area contributed by atoms with Crippen LogP contribution < -0.4 is 4.74 Å². The minimum Gasteiger partial charge on any atom is -0.488 e. The molecule has 8 heteroatoms. The third-order valence-corrected chi connectivity index (χ3v) is 10.3. The maximum Gasteiger partial charge on any atom is 0.255 e. The minimum atomic E-state index is -3.69. The molecule has 0 radical (unpaired) electrons. The molecule has 0 aromatic heterocycles. The smallest absolute Gasteiger partial charge is 0.255 e. The van der Waals surface area contributed by atoms with Crippen LogP contribution in [0.4, 0.5) is 0 Å². The summed E-state index contributed by atoms with van der Waals surface area (Å²) in [5.41, 5.74) is 5.69. The lowest BCUT2D eigenvalue weighted by atomic mass is 10.0. The van der Waals surface area contributed by atoms with Gasteiger partial charge >= 0.3 is 0 Å². The summed E-state index contributed by atoms with van der Waals surface area (Å²) in [5, 5.41) is 0. The van der Waals surface area contributed by atoms with Gasteiger partial charge in [0.2, 0.25) is 10.0 Å². The number of nitrogens with zero attached hydrogens (tertiary/aromatic N) is 2. The summed E-state index contributed by atoms with van der Waals surface area (Å²) in [6.07, 6.45) is 2.73. The molecule has 0 aliphatic carbocycles. The zero-order valence-electron chi connectivity index (χ0n) is 24.0. The van der Waals surface area contributed by atoms with E-state index >= 15 is 0 Å². The predicted molar refractivity (Wildman–Crippen MR) is 163 cm³/mol. The van der Waals surface area contributed by atoms with Crippen molar-refractivity contribution in [3.8, 4) is 5.75 Å². The van der Waals surface area contributed by atoms with Crippen molar-refractivity contribution in [3.05, 3.63) is 92.5 Å². The third-order valence-electron chi connectivity index (χ3n) is 7.58. The molecule has 1 amide bonds. The number of carbonyl (C=O) groups is 1. The number of hydrogen-bond donors (Lipinski definition) is 0. The van der Waals surface area contributed by atoms with Crippen LogP contribution >= 0.6 is 15.9 Å². The summed E-state index contributed by atoms with van der Waals surface area (Å²) in [7, 11) is -3.69. The molecule has 0 saturated carbocycles. The quantitative estimate of drug-likeness (QED) is 0.252. The van der Waals surface area contributed by atoms with Crippen molar-refractivity contribution in [2.45, 2.75) is 78.0 Å². The molecule has 0 N–H and O–H groups in total. The molecule has 0 bridgehead atoms. The van der Waals surface area contributed by atoms with E-state index in [1.165, 1.54) is 11.6 Å². The van der Waals surface area contributed by atoms with Crippen molar-refractivity contribution in [3.63, 3.8) is 0 Å². The van der Waals surface area contributed by atoms with Crippen LogP contribution in [0.15, 0.2) is 64.0 Å². The lowest BCUT2D eigenvalue weighted by molar-refractivity contribution is 0.0751. The topological polar surface area (TPSA) is 66.9 Å². The number of carbonyl (C=O) groups excluding carboxylic acids is 1.